The molecule has 11 nitrogen and oxygen atoms in total. The monoisotopic (exact) mass is 545 g/mol. The Hall–Kier alpha value is -3.39. The quantitative estimate of drug-likeness (QED) is 0.460. The molecule has 0 saturated carbocycles. The van der Waals surface area contributed by atoms with Gasteiger partial charge in [0.15, 0.2) is 0 Å². The lowest BCUT2D eigenvalue weighted by Gasteiger charge is -2.26. The van der Waals surface area contributed by atoms with Crippen LogP contribution < -0.4 is 10.0 Å². The lowest BCUT2D eigenvalue weighted by Crippen LogP contribution is -2.40. The molecule has 0 atom stereocenters. The number of hydrogen-bond acceptors (Lipinski definition) is 8. The minimum atomic E-state index is -3.95. The van der Waals surface area contributed by atoms with Crippen LogP contribution in [0.4, 0.5) is 11.6 Å². The van der Waals surface area contributed by atoms with Gasteiger partial charge in [-0.15, -0.1) is 0 Å². The molecular formula is C24H27N5O6S2. The highest BCUT2D eigenvalue weighted by molar-refractivity contribution is 7.92. The van der Waals surface area contributed by atoms with Gasteiger partial charge in [-0.2, -0.15) is 4.31 Å². The Balaban J connectivity index is 1.50. The van der Waals surface area contributed by atoms with Crippen LogP contribution in [0.2, 0.25) is 0 Å². The number of anilines is 2. The average Bonchev–Trinajstić information content (AvgIpc) is 2.84. The molecule has 196 valence electrons. The van der Waals surface area contributed by atoms with Gasteiger partial charge in [-0.3, -0.25) is 4.79 Å². The van der Waals surface area contributed by atoms with Crippen molar-refractivity contribution in [2.75, 3.05) is 36.3 Å². The lowest BCUT2D eigenvalue weighted by atomic mass is 10.1. The first-order valence-corrected chi connectivity index (χ1v) is 14.3. The second kappa shape index (κ2) is 10.5. The first kappa shape index (κ1) is 26.7. The number of benzene rings is 2. The first-order chi connectivity index (χ1) is 17.5. The van der Waals surface area contributed by atoms with Crippen LogP contribution >= 0.6 is 0 Å². The van der Waals surface area contributed by atoms with Crippen molar-refractivity contribution in [3.8, 4) is 0 Å². The van der Waals surface area contributed by atoms with E-state index in [0.717, 1.165) is 0 Å². The molecule has 0 aliphatic carbocycles. The molecule has 1 saturated heterocycles. The summed E-state index contributed by atoms with van der Waals surface area (Å²) in [7, 11) is -7.74. The fourth-order valence-electron chi connectivity index (χ4n) is 3.82. The van der Waals surface area contributed by atoms with E-state index in [1.807, 2.05) is 0 Å². The standard InChI is InChI=1S/C24H27N5O6S2/c1-16-4-5-19(15-22(16)37(33,34)29-10-12-35-13-11-29)23(30)27-20-6-8-21(9-7-20)36(31,32)28-24-25-17(2)14-18(3)26-24/h4-9,14-15H,10-13H2,1-3H3,(H,27,30)(H,25,26,28). The fraction of sp³-hybridized carbons (Fsp3) is 0.292. The number of aromatic nitrogens is 2. The van der Waals surface area contributed by atoms with Crippen LogP contribution in [0.5, 0.6) is 0 Å². The highest BCUT2D eigenvalue weighted by atomic mass is 32.2. The third-order valence-electron chi connectivity index (χ3n) is 5.67. The number of morpholine rings is 1. The number of aryl methyl sites for hydroxylation is 3. The Morgan fingerprint density at radius 1 is 0.892 bits per heavy atom. The van der Waals surface area contributed by atoms with Crippen LogP contribution in [0.3, 0.4) is 0 Å². The second-order valence-corrected chi connectivity index (χ2v) is 12.1. The lowest BCUT2D eigenvalue weighted by molar-refractivity contribution is 0.0730. The van der Waals surface area contributed by atoms with Gasteiger partial charge in [0.05, 0.1) is 23.0 Å². The predicted molar refractivity (Wildman–Crippen MR) is 137 cm³/mol. The summed E-state index contributed by atoms with van der Waals surface area (Å²) in [5, 5.41) is 2.67. The zero-order valence-electron chi connectivity index (χ0n) is 20.6. The van der Waals surface area contributed by atoms with Gasteiger partial charge in [0, 0.05) is 35.7 Å². The van der Waals surface area contributed by atoms with Crippen molar-refractivity contribution in [1.82, 2.24) is 14.3 Å². The Morgan fingerprint density at radius 3 is 2.14 bits per heavy atom. The van der Waals surface area contributed by atoms with E-state index in [-0.39, 0.29) is 34.4 Å². The maximum absolute atomic E-state index is 13.1. The highest BCUT2D eigenvalue weighted by Crippen LogP contribution is 2.23. The maximum atomic E-state index is 13.1. The molecule has 2 N–H and O–H groups in total. The number of sulfonamides is 2. The molecule has 3 aromatic rings. The van der Waals surface area contributed by atoms with Gasteiger partial charge < -0.3 is 10.1 Å². The molecule has 37 heavy (non-hydrogen) atoms. The summed E-state index contributed by atoms with van der Waals surface area (Å²) in [5.74, 6) is -0.562. The Kier molecular flexibility index (Phi) is 7.59. The van der Waals surface area contributed by atoms with Crippen LogP contribution in [0.15, 0.2) is 58.3 Å². The maximum Gasteiger partial charge on any atom is 0.264 e. The first-order valence-electron chi connectivity index (χ1n) is 11.4. The van der Waals surface area contributed by atoms with Gasteiger partial charge in [-0.1, -0.05) is 6.07 Å². The zero-order valence-corrected chi connectivity index (χ0v) is 22.2. The molecule has 2 heterocycles. The third kappa shape index (κ3) is 6.13. The number of nitrogens with one attached hydrogen (secondary N) is 2. The summed E-state index contributed by atoms with van der Waals surface area (Å²) in [6.07, 6.45) is 0. The van der Waals surface area contributed by atoms with Crippen molar-refractivity contribution in [3.63, 3.8) is 0 Å². The minimum Gasteiger partial charge on any atom is -0.379 e. The van der Waals surface area contributed by atoms with Crippen LogP contribution in [0.25, 0.3) is 0 Å². The van der Waals surface area contributed by atoms with Crippen LogP contribution in [0.1, 0.15) is 27.3 Å². The van der Waals surface area contributed by atoms with Gasteiger partial charge in [-0.25, -0.2) is 31.5 Å². The number of amides is 1. The molecule has 1 amide bonds. The largest absolute Gasteiger partial charge is 0.379 e. The van der Waals surface area contributed by atoms with Gasteiger partial charge in [0.25, 0.3) is 15.9 Å². The molecular weight excluding hydrogens is 518 g/mol. The van der Waals surface area contributed by atoms with E-state index in [1.54, 1.807) is 32.9 Å². The van der Waals surface area contributed by atoms with Gasteiger partial charge in [0.2, 0.25) is 16.0 Å². The van der Waals surface area contributed by atoms with E-state index < -0.39 is 26.0 Å². The van der Waals surface area contributed by atoms with E-state index in [4.69, 9.17) is 4.74 Å². The normalized spacial score (nSPS) is 14.8. The second-order valence-electron chi connectivity index (χ2n) is 8.56. The number of carbonyl (C=O) groups excluding carboxylic acids is 1. The van der Waals surface area contributed by atoms with E-state index in [1.165, 1.54) is 40.7 Å². The molecule has 0 bridgehead atoms. The molecule has 0 unspecified atom stereocenters. The average molecular weight is 546 g/mol. The van der Waals surface area contributed by atoms with Gasteiger partial charge in [-0.05, 0) is 68.8 Å². The molecule has 13 heteroatoms. The third-order valence-corrected chi connectivity index (χ3v) is 9.05. The summed E-state index contributed by atoms with van der Waals surface area (Å²) in [4.78, 5) is 21.1. The number of nitrogens with zero attached hydrogens (tertiary/aromatic N) is 3. The summed E-state index contributed by atoms with van der Waals surface area (Å²) >= 11 is 0. The topological polar surface area (TPSA) is 148 Å². The number of rotatable bonds is 7. The zero-order chi connectivity index (χ0) is 26.8. The van der Waals surface area contributed by atoms with E-state index in [0.29, 0.717) is 35.9 Å². The summed E-state index contributed by atoms with van der Waals surface area (Å²) in [5.41, 5.74) is 2.27. The molecule has 2 aromatic carbocycles. The molecule has 1 aliphatic rings. The molecule has 0 spiro atoms. The minimum absolute atomic E-state index is 0.0305. The Bertz CT molecular complexity index is 1510. The molecule has 1 fully saturated rings. The predicted octanol–water partition coefficient (Wildman–Crippen LogP) is 2.48. The van der Waals surface area contributed by atoms with Crippen LogP contribution in [0, 0.1) is 20.8 Å². The molecule has 4 rings (SSSR count). The highest BCUT2D eigenvalue weighted by Gasteiger charge is 2.28. The van der Waals surface area contributed by atoms with Crippen molar-refractivity contribution in [1.29, 1.82) is 0 Å². The smallest absolute Gasteiger partial charge is 0.264 e. The van der Waals surface area contributed by atoms with Gasteiger partial charge in [0.1, 0.15) is 0 Å². The van der Waals surface area contributed by atoms with Crippen molar-refractivity contribution in [2.45, 2.75) is 30.6 Å². The summed E-state index contributed by atoms with van der Waals surface area (Å²) in [6.45, 7) is 6.27. The Labute approximate surface area is 216 Å². The SMILES string of the molecule is Cc1cc(C)nc(NS(=O)(=O)c2ccc(NC(=O)c3ccc(C)c(S(=O)(=O)N4CCOCC4)c3)cc2)n1. The van der Waals surface area contributed by atoms with Crippen LogP contribution in [-0.2, 0) is 24.8 Å². The molecule has 1 aromatic heterocycles. The van der Waals surface area contributed by atoms with E-state index in [9.17, 15) is 21.6 Å². The fourth-order valence-corrected chi connectivity index (χ4v) is 6.42. The van der Waals surface area contributed by atoms with E-state index >= 15 is 0 Å². The van der Waals surface area contributed by atoms with Crippen molar-refractivity contribution >= 4 is 37.6 Å². The van der Waals surface area contributed by atoms with Crippen molar-refractivity contribution in [3.05, 3.63) is 71.0 Å². The van der Waals surface area contributed by atoms with Crippen molar-refractivity contribution < 1.29 is 26.4 Å². The molecule has 1 aliphatic heterocycles. The summed E-state index contributed by atoms with van der Waals surface area (Å²) < 4.78 is 60.6. The summed E-state index contributed by atoms with van der Waals surface area (Å²) in [6, 6.07) is 11.7. The van der Waals surface area contributed by atoms with E-state index in [2.05, 4.69) is 20.0 Å². The van der Waals surface area contributed by atoms with Gasteiger partial charge >= 0.3 is 0 Å². The molecule has 0 radical (unpaired) electrons. The van der Waals surface area contributed by atoms with Crippen molar-refractivity contribution in [2.24, 2.45) is 0 Å². The van der Waals surface area contributed by atoms with Crippen LogP contribution in [-0.4, -0.2) is 63.3 Å². The number of carbonyl (C=O) groups is 1. The number of hydrogen-bond donors (Lipinski definition) is 2. The number of ether oxygens (including phenoxy) is 1. The Morgan fingerprint density at radius 2 is 1.51 bits per heavy atom.